The molecule has 142 valence electrons. The maximum Gasteiger partial charge on any atom is 0.317 e. The number of hydrogen-bond acceptors (Lipinski definition) is 2. The molecular weight excluding hydrogens is 373 g/mol. The van der Waals surface area contributed by atoms with E-state index in [4.69, 9.17) is 23.2 Å². The number of carbonyl (C=O) groups excluding carboxylic acids is 2. The van der Waals surface area contributed by atoms with Gasteiger partial charge in [-0.1, -0.05) is 42.5 Å². The molecule has 0 unspecified atom stereocenters. The molecule has 0 spiro atoms. The third-order valence-electron chi connectivity index (χ3n) is 5.27. The average molecular weight is 398 g/mol. The zero-order chi connectivity index (χ0) is 18.5. The molecule has 0 radical (unpaired) electrons. The van der Waals surface area contributed by atoms with Crippen LogP contribution >= 0.6 is 23.2 Å². The van der Waals surface area contributed by atoms with Gasteiger partial charge in [0.15, 0.2) is 0 Å². The van der Waals surface area contributed by atoms with Crippen LogP contribution < -0.4 is 10.6 Å². The van der Waals surface area contributed by atoms with Crippen molar-refractivity contribution in [2.45, 2.75) is 51.0 Å². The zero-order valence-electron chi connectivity index (χ0n) is 14.8. The Morgan fingerprint density at radius 3 is 2.38 bits per heavy atom. The van der Waals surface area contributed by atoms with Crippen molar-refractivity contribution < 1.29 is 9.59 Å². The molecule has 1 aromatic carbocycles. The van der Waals surface area contributed by atoms with Crippen molar-refractivity contribution in [2.75, 3.05) is 18.4 Å². The lowest BCUT2D eigenvalue weighted by molar-refractivity contribution is -0.121. The first-order chi connectivity index (χ1) is 12.5. The van der Waals surface area contributed by atoms with Crippen molar-refractivity contribution in [3.05, 3.63) is 28.2 Å². The van der Waals surface area contributed by atoms with Gasteiger partial charge < -0.3 is 15.5 Å². The molecule has 1 aliphatic heterocycles. The zero-order valence-corrected chi connectivity index (χ0v) is 16.3. The summed E-state index contributed by atoms with van der Waals surface area (Å²) in [6, 6.07) is 5.31. The first-order valence-corrected chi connectivity index (χ1v) is 10.1. The SMILES string of the molecule is O=C(Nc1cc(Cl)ccc1Cl)C1CCN(C(=O)NC2CCCCC2)CC1. The van der Waals surface area contributed by atoms with E-state index in [-0.39, 0.29) is 17.9 Å². The van der Waals surface area contributed by atoms with Gasteiger partial charge in [0.1, 0.15) is 0 Å². The number of amides is 3. The van der Waals surface area contributed by atoms with Crippen LogP contribution in [0.4, 0.5) is 10.5 Å². The summed E-state index contributed by atoms with van der Waals surface area (Å²) in [7, 11) is 0. The Labute approximate surface area is 164 Å². The Balaban J connectivity index is 1.47. The lowest BCUT2D eigenvalue weighted by atomic mass is 9.95. The van der Waals surface area contributed by atoms with E-state index in [0.29, 0.717) is 47.7 Å². The third kappa shape index (κ3) is 5.04. The second-order valence-corrected chi connectivity index (χ2v) is 8.00. The Kier molecular flexibility index (Phi) is 6.65. The molecule has 2 aliphatic rings. The van der Waals surface area contributed by atoms with Gasteiger partial charge in [0.25, 0.3) is 0 Å². The minimum Gasteiger partial charge on any atom is -0.335 e. The van der Waals surface area contributed by atoms with Gasteiger partial charge in [-0.25, -0.2) is 4.79 Å². The third-order valence-corrected chi connectivity index (χ3v) is 5.84. The number of nitrogens with zero attached hydrogens (tertiary/aromatic N) is 1. The van der Waals surface area contributed by atoms with Crippen molar-refractivity contribution >= 4 is 40.8 Å². The molecule has 26 heavy (non-hydrogen) atoms. The highest BCUT2D eigenvalue weighted by atomic mass is 35.5. The van der Waals surface area contributed by atoms with Gasteiger partial charge in [-0.05, 0) is 43.9 Å². The number of carbonyl (C=O) groups is 2. The van der Waals surface area contributed by atoms with Crippen LogP contribution in [0.5, 0.6) is 0 Å². The van der Waals surface area contributed by atoms with Crippen molar-refractivity contribution in [3.63, 3.8) is 0 Å². The summed E-state index contributed by atoms with van der Waals surface area (Å²) >= 11 is 12.1. The van der Waals surface area contributed by atoms with Crippen molar-refractivity contribution in [1.82, 2.24) is 10.2 Å². The van der Waals surface area contributed by atoms with Crippen LogP contribution in [0.25, 0.3) is 0 Å². The quantitative estimate of drug-likeness (QED) is 0.776. The fourth-order valence-electron chi connectivity index (χ4n) is 3.69. The van der Waals surface area contributed by atoms with E-state index in [2.05, 4.69) is 10.6 Å². The molecular formula is C19H25Cl2N3O2. The number of likely N-dealkylation sites (tertiary alicyclic amines) is 1. The molecule has 1 aromatic rings. The van der Waals surface area contributed by atoms with E-state index >= 15 is 0 Å². The normalized spacial score (nSPS) is 19.2. The summed E-state index contributed by atoms with van der Waals surface area (Å²) in [5, 5.41) is 6.99. The van der Waals surface area contributed by atoms with Gasteiger partial charge in [-0.3, -0.25) is 4.79 Å². The molecule has 7 heteroatoms. The largest absolute Gasteiger partial charge is 0.335 e. The van der Waals surface area contributed by atoms with Gasteiger partial charge in [-0.15, -0.1) is 0 Å². The van der Waals surface area contributed by atoms with E-state index in [1.165, 1.54) is 19.3 Å². The standard InChI is InChI=1S/C19H25Cl2N3O2/c20-14-6-7-16(21)17(12-14)23-18(25)13-8-10-24(11-9-13)19(26)22-15-4-2-1-3-5-15/h6-7,12-13,15H,1-5,8-11H2,(H,22,26)(H,23,25). The summed E-state index contributed by atoms with van der Waals surface area (Å²) in [6.07, 6.45) is 7.11. The maximum absolute atomic E-state index is 12.5. The number of rotatable bonds is 3. The molecule has 1 saturated heterocycles. The van der Waals surface area contributed by atoms with E-state index in [9.17, 15) is 9.59 Å². The predicted octanol–water partition coefficient (Wildman–Crippen LogP) is 4.69. The highest BCUT2D eigenvalue weighted by Crippen LogP contribution is 2.27. The monoisotopic (exact) mass is 397 g/mol. The number of urea groups is 1. The summed E-state index contributed by atoms with van der Waals surface area (Å²) in [5.74, 6) is -0.190. The van der Waals surface area contributed by atoms with Gasteiger partial charge >= 0.3 is 6.03 Å². The summed E-state index contributed by atoms with van der Waals surface area (Å²) in [5.41, 5.74) is 0.529. The highest BCUT2D eigenvalue weighted by Gasteiger charge is 2.28. The molecule has 3 rings (SSSR count). The summed E-state index contributed by atoms with van der Waals surface area (Å²) in [6.45, 7) is 1.19. The maximum atomic E-state index is 12.5. The van der Waals surface area contributed by atoms with Crippen molar-refractivity contribution in [2.24, 2.45) is 5.92 Å². The molecule has 0 atom stereocenters. The van der Waals surface area contributed by atoms with Gasteiger partial charge in [0.05, 0.1) is 10.7 Å². The lowest BCUT2D eigenvalue weighted by Crippen LogP contribution is -2.49. The van der Waals surface area contributed by atoms with Crippen LogP contribution in [0.15, 0.2) is 18.2 Å². The highest BCUT2D eigenvalue weighted by molar-refractivity contribution is 6.35. The van der Waals surface area contributed by atoms with Crippen LogP contribution in [0.1, 0.15) is 44.9 Å². The van der Waals surface area contributed by atoms with Crippen LogP contribution in [0.3, 0.4) is 0 Å². The Morgan fingerprint density at radius 2 is 1.69 bits per heavy atom. The smallest absolute Gasteiger partial charge is 0.317 e. The molecule has 1 heterocycles. The van der Waals surface area contributed by atoms with E-state index in [1.807, 2.05) is 4.90 Å². The Hall–Kier alpha value is -1.46. The number of hydrogen-bond donors (Lipinski definition) is 2. The number of anilines is 1. The molecule has 0 aromatic heterocycles. The van der Waals surface area contributed by atoms with Gasteiger partial charge in [-0.2, -0.15) is 0 Å². The molecule has 2 N–H and O–H groups in total. The lowest BCUT2D eigenvalue weighted by Gasteiger charge is -2.33. The van der Waals surface area contributed by atoms with Crippen LogP contribution in [0.2, 0.25) is 10.0 Å². The molecule has 1 aliphatic carbocycles. The van der Waals surface area contributed by atoms with E-state index in [1.54, 1.807) is 18.2 Å². The van der Waals surface area contributed by atoms with Gasteiger partial charge in [0.2, 0.25) is 5.91 Å². The van der Waals surface area contributed by atoms with Gasteiger partial charge in [0, 0.05) is 30.1 Å². The minimum absolute atomic E-state index is 0.00800. The minimum atomic E-state index is -0.122. The molecule has 2 fully saturated rings. The Bertz CT molecular complexity index is 654. The van der Waals surface area contributed by atoms with Crippen LogP contribution in [-0.4, -0.2) is 36.0 Å². The second kappa shape index (κ2) is 8.96. The van der Waals surface area contributed by atoms with E-state index < -0.39 is 0 Å². The van der Waals surface area contributed by atoms with E-state index in [0.717, 1.165) is 12.8 Å². The summed E-state index contributed by atoms with van der Waals surface area (Å²) in [4.78, 5) is 26.7. The molecule has 5 nitrogen and oxygen atoms in total. The fourth-order valence-corrected chi connectivity index (χ4v) is 4.02. The molecule has 1 saturated carbocycles. The van der Waals surface area contributed by atoms with Crippen LogP contribution in [-0.2, 0) is 4.79 Å². The molecule has 0 bridgehead atoms. The second-order valence-electron chi connectivity index (χ2n) is 7.16. The van der Waals surface area contributed by atoms with Crippen molar-refractivity contribution in [1.29, 1.82) is 0 Å². The summed E-state index contributed by atoms with van der Waals surface area (Å²) < 4.78 is 0. The predicted molar refractivity (Wildman–Crippen MR) is 105 cm³/mol. The topological polar surface area (TPSA) is 61.4 Å². The Morgan fingerprint density at radius 1 is 1.00 bits per heavy atom. The fraction of sp³-hybridized carbons (Fsp3) is 0.579. The first kappa shape index (κ1) is 19.3. The molecule has 3 amide bonds. The number of halogens is 2. The van der Waals surface area contributed by atoms with Crippen molar-refractivity contribution in [3.8, 4) is 0 Å². The average Bonchev–Trinajstić information content (AvgIpc) is 2.65. The first-order valence-electron chi connectivity index (χ1n) is 9.34. The number of benzene rings is 1. The number of nitrogens with one attached hydrogen (secondary N) is 2. The van der Waals surface area contributed by atoms with Crippen LogP contribution in [0, 0.1) is 5.92 Å². The number of piperidine rings is 1.